The lowest BCUT2D eigenvalue weighted by Crippen LogP contribution is -2.05. The molecule has 4 N–H and O–H groups in total. The van der Waals surface area contributed by atoms with E-state index < -0.39 is 0 Å². The van der Waals surface area contributed by atoms with E-state index in [-0.39, 0.29) is 0 Å². The normalized spacial score (nSPS) is 10.0. The van der Waals surface area contributed by atoms with Gasteiger partial charge in [-0.3, -0.25) is 0 Å². The summed E-state index contributed by atoms with van der Waals surface area (Å²) in [6, 6.07) is 7.96. The minimum atomic E-state index is 0.512. The van der Waals surface area contributed by atoms with Crippen LogP contribution >= 0.6 is 0 Å². The van der Waals surface area contributed by atoms with Gasteiger partial charge in [-0.05, 0) is 18.6 Å². The van der Waals surface area contributed by atoms with E-state index in [0.29, 0.717) is 17.3 Å². The monoisotopic (exact) mass is 229 g/mol. The largest absolute Gasteiger partial charge is 0.393 e. The molecule has 5 nitrogen and oxygen atoms in total. The Labute approximate surface area is 100 Å². The van der Waals surface area contributed by atoms with Crippen molar-refractivity contribution in [2.24, 2.45) is 0 Å². The van der Waals surface area contributed by atoms with Crippen molar-refractivity contribution in [3.05, 3.63) is 36.2 Å². The second-order valence-electron chi connectivity index (χ2n) is 3.67. The van der Waals surface area contributed by atoms with Crippen LogP contribution in [0.2, 0.25) is 0 Å². The topological polar surface area (TPSA) is 75.9 Å². The van der Waals surface area contributed by atoms with Crippen molar-refractivity contribution in [3.63, 3.8) is 0 Å². The molecule has 0 radical (unpaired) electrons. The second-order valence-corrected chi connectivity index (χ2v) is 3.67. The maximum Gasteiger partial charge on any atom is 0.159 e. The van der Waals surface area contributed by atoms with Crippen molar-refractivity contribution in [2.75, 3.05) is 23.4 Å². The standard InChI is InChI=1S/C12H15N5/c1-8-5-3-4-6-9(8)17-12-10(13)11(14-2)15-7-16-12/h3-7H,13H2,1-2H3,(H2,14,15,16,17). The van der Waals surface area contributed by atoms with E-state index in [4.69, 9.17) is 5.73 Å². The van der Waals surface area contributed by atoms with Crippen LogP contribution in [0.4, 0.5) is 23.0 Å². The predicted octanol–water partition coefficient (Wildman–Crippen LogP) is 2.15. The minimum Gasteiger partial charge on any atom is -0.393 e. The first kappa shape index (κ1) is 11.2. The number of aryl methyl sites for hydroxylation is 1. The maximum atomic E-state index is 5.94. The van der Waals surface area contributed by atoms with E-state index in [0.717, 1.165) is 11.3 Å². The van der Waals surface area contributed by atoms with E-state index >= 15 is 0 Å². The third-order valence-corrected chi connectivity index (χ3v) is 2.52. The fourth-order valence-corrected chi connectivity index (χ4v) is 1.54. The van der Waals surface area contributed by atoms with Crippen molar-refractivity contribution in [1.29, 1.82) is 0 Å². The van der Waals surface area contributed by atoms with Crippen LogP contribution < -0.4 is 16.4 Å². The lowest BCUT2D eigenvalue weighted by molar-refractivity contribution is 1.16. The Kier molecular flexibility index (Phi) is 3.09. The summed E-state index contributed by atoms with van der Waals surface area (Å²) in [5, 5.41) is 6.12. The summed E-state index contributed by atoms with van der Waals surface area (Å²) in [5.41, 5.74) is 8.58. The summed E-state index contributed by atoms with van der Waals surface area (Å²) in [6.45, 7) is 2.03. The highest BCUT2D eigenvalue weighted by molar-refractivity contribution is 5.78. The van der Waals surface area contributed by atoms with Crippen molar-refractivity contribution in [1.82, 2.24) is 9.97 Å². The SMILES string of the molecule is CNc1ncnc(Nc2ccccc2C)c1N. The van der Waals surface area contributed by atoms with Gasteiger partial charge < -0.3 is 16.4 Å². The van der Waals surface area contributed by atoms with E-state index in [1.54, 1.807) is 7.05 Å². The van der Waals surface area contributed by atoms with Crippen molar-refractivity contribution in [3.8, 4) is 0 Å². The second kappa shape index (κ2) is 4.69. The molecule has 2 aromatic rings. The number of para-hydroxylation sites is 1. The Balaban J connectivity index is 2.34. The van der Waals surface area contributed by atoms with Crippen LogP contribution in [-0.2, 0) is 0 Å². The molecule has 0 aliphatic carbocycles. The summed E-state index contributed by atoms with van der Waals surface area (Å²) in [5.74, 6) is 1.23. The third kappa shape index (κ3) is 2.28. The molecular formula is C12H15N5. The molecule has 0 saturated heterocycles. The number of aromatic nitrogens is 2. The Bertz CT molecular complexity index is 524. The molecule has 0 spiro atoms. The number of nitrogen functional groups attached to an aromatic ring is 1. The average molecular weight is 229 g/mol. The summed E-state index contributed by atoms with van der Waals surface area (Å²) in [4.78, 5) is 8.17. The Morgan fingerprint density at radius 1 is 1.12 bits per heavy atom. The zero-order chi connectivity index (χ0) is 12.3. The molecule has 0 amide bonds. The van der Waals surface area contributed by atoms with E-state index in [1.165, 1.54) is 6.33 Å². The van der Waals surface area contributed by atoms with Gasteiger partial charge in [-0.25, -0.2) is 9.97 Å². The molecule has 1 heterocycles. The van der Waals surface area contributed by atoms with Crippen LogP contribution in [-0.4, -0.2) is 17.0 Å². The van der Waals surface area contributed by atoms with Gasteiger partial charge in [0, 0.05) is 12.7 Å². The number of nitrogens with one attached hydrogen (secondary N) is 2. The average Bonchev–Trinajstić information content (AvgIpc) is 2.34. The fourth-order valence-electron chi connectivity index (χ4n) is 1.54. The highest BCUT2D eigenvalue weighted by Gasteiger charge is 2.07. The van der Waals surface area contributed by atoms with E-state index in [1.807, 2.05) is 31.2 Å². The van der Waals surface area contributed by atoms with Gasteiger partial charge in [0.25, 0.3) is 0 Å². The first-order valence-corrected chi connectivity index (χ1v) is 5.33. The summed E-state index contributed by atoms with van der Waals surface area (Å²) in [7, 11) is 1.77. The quantitative estimate of drug-likeness (QED) is 0.752. The third-order valence-electron chi connectivity index (χ3n) is 2.52. The lowest BCUT2D eigenvalue weighted by Gasteiger charge is -2.12. The number of anilines is 4. The first-order chi connectivity index (χ1) is 8.22. The van der Waals surface area contributed by atoms with Crippen molar-refractivity contribution >= 4 is 23.0 Å². The summed E-state index contributed by atoms with van der Waals surface area (Å²) in [6.07, 6.45) is 1.48. The van der Waals surface area contributed by atoms with Gasteiger partial charge in [0.05, 0.1) is 0 Å². The zero-order valence-electron chi connectivity index (χ0n) is 9.86. The number of benzene rings is 1. The Hall–Kier alpha value is -2.30. The summed E-state index contributed by atoms with van der Waals surface area (Å²) >= 11 is 0. The van der Waals surface area contributed by atoms with Gasteiger partial charge in [-0.1, -0.05) is 18.2 Å². The molecule has 0 atom stereocenters. The van der Waals surface area contributed by atoms with Crippen LogP contribution in [0.25, 0.3) is 0 Å². The Morgan fingerprint density at radius 3 is 2.53 bits per heavy atom. The van der Waals surface area contributed by atoms with Gasteiger partial charge in [-0.15, -0.1) is 0 Å². The fraction of sp³-hybridized carbons (Fsp3) is 0.167. The van der Waals surface area contributed by atoms with Gasteiger partial charge in [0.15, 0.2) is 11.6 Å². The van der Waals surface area contributed by atoms with Crippen molar-refractivity contribution < 1.29 is 0 Å². The molecule has 0 bridgehead atoms. The number of hydrogen-bond acceptors (Lipinski definition) is 5. The van der Waals surface area contributed by atoms with Crippen LogP contribution in [0, 0.1) is 6.92 Å². The molecule has 1 aromatic carbocycles. The molecule has 0 fully saturated rings. The van der Waals surface area contributed by atoms with Crippen LogP contribution in [0.1, 0.15) is 5.56 Å². The van der Waals surface area contributed by atoms with E-state index in [9.17, 15) is 0 Å². The number of rotatable bonds is 3. The van der Waals surface area contributed by atoms with E-state index in [2.05, 4.69) is 20.6 Å². The van der Waals surface area contributed by atoms with Crippen LogP contribution in [0.15, 0.2) is 30.6 Å². The van der Waals surface area contributed by atoms with Gasteiger partial charge in [0.2, 0.25) is 0 Å². The van der Waals surface area contributed by atoms with Gasteiger partial charge in [-0.2, -0.15) is 0 Å². The van der Waals surface area contributed by atoms with Crippen LogP contribution in [0.5, 0.6) is 0 Å². The Morgan fingerprint density at radius 2 is 1.82 bits per heavy atom. The molecule has 0 saturated carbocycles. The zero-order valence-corrected chi connectivity index (χ0v) is 9.86. The molecule has 17 heavy (non-hydrogen) atoms. The number of nitrogens with two attached hydrogens (primary N) is 1. The first-order valence-electron chi connectivity index (χ1n) is 5.33. The molecule has 1 aromatic heterocycles. The minimum absolute atomic E-state index is 0.512. The predicted molar refractivity (Wildman–Crippen MR) is 70.5 cm³/mol. The highest BCUT2D eigenvalue weighted by Crippen LogP contribution is 2.26. The number of nitrogens with zero attached hydrogens (tertiary/aromatic N) is 2. The summed E-state index contributed by atoms with van der Waals surface area (Å²) < 4.78 is 0. The van der Waals surface area contributed by atoms with Gasteiger partial charge in [0.1, 0.15) is 12.0 Å². The van der Waals surface area contributed by atoms with Crippen LogP contribution in [0.3, 0.4) is 0 Å². The van der Waals surface area contributed by atoms with Gasteiger partial charge >= 0.3 is 0 Å². The maximum absolute atomic E-state index is 5.94. The molecule has 88 valence electrons. The molecule has 5 heteroatoms. The lowest BCUT2D eigenvalue weighted by atomic mass is 10.2. The molecule has 0 aliphatic heterocycles. The molecular weight excluding hydrogens is 214 g/mol. The molecule has 2 rings (SSSR count). The number of hydrogen-bond donors (Lipinski definition) is 3. The highest BCUT2D eigenvalue weighted by atomic mass is 15.1. The molecule has 0 aliphatic rings. The van der Waals surface area contributed by atoms with Crippen molar-refractivity contribution in [2.45, 2.75) is 6.92 Å². The smallest absolute Gasteiger partial charge is 0.159 e. The molecule has 0 unspecified atom stereocenters.